The van der Waals surface area contributed by atoms with E-state index in [2.05, 4.69) is 0 Å². The zero-order valence-electron chi connectivity index (χ0n) is 11.9. The van der Waals surface area contributed by atoms with Crippen molar-refractivity contribution in [3.05, 3.63) is 59.5 Å². The Morgan fingerprint density at radius 1 is 1.30 bits per heavy atom. The fourth-order valence-corrected chi connectivity index (χ4v) is 2.15. The second-order valence-electron chi connectivity index (χ2n) is 4.99. The van der Waals surface area contributed by atoms with Crippen LogP contribution in [-0.4, -0.2) is 23.9 Å². The molecule has 1 aromatic carbocycles. The van der Waals surface area contributed by atoms with E-state index in [4.69, 9.17) is 10.2 Å². The molecule has 0 bridgehead atoms. The molecule has 0 aliphatic carbocycles. The van der Waals surface area contributed by atoms with Gasteiger partial charge in [0.05, 0.1) is 12.3 Å². The number of amides is 1. The van der Waals surface area contributed by atoms with Crippen LogP contribution in [0.15, 0.2) is 47.1 Å². The van der Waals surface area contributed by atoms with E-state index in [1.165, 1.54) is 0 Å². The summed E-state index contributed by atoms with van der Waals surface area (Å²) in [4.78, 5) is 13.9. The normalized spacial score (nSPS) is 12.2. The number of carbonyl (C=O) groups is 1. The maximum Gasteiger partial charge on any atom is 0.239 e. The van der Waals surface area contributed by atoms with E-state index in [1.807, 2.05) is 43.3 Å². The van der Waals surface area contributed by atoms with Crippen LogP contribution in [0.4, 0.5) is 0 Å². The summed E-state index contributed by atoms with van der Waals surface area (Å²) in [5.41, 5.74) is 8.08. The Morgan fingerprint density at radius 2 is 2.00 bits per heavy atom. The molecule has 2 rings (SSSR count). The summed E-state index contributed by atoms with van der Waals surface area (Å²) in [5, 5.41) is 0. The van der Waals surface area contributed by atoms with Crippen molar-refractivity contribution in [1.82, 2.24) is 4.90 Å². The maximum absolute atomic E-state index is 12.3. The van der Waals surface area contributed by atoms with E-state index in [1.54, 1.807) is 18.2 Å². The van der Waals surface area contributed by atoms with Gasteiger partial charge in [0.25, 0.3) is 0 Å². The number of nitrogens with zero attached hydrogens (tertiary/aromatic N) is 1. The van der Waals surface area contributed by atoms with Crippen molar-refractivity contribution < 1.29 is 9.21 Å². The van der Waals surface area contributed by atoms with Gasteiger partial charge in [-0.25, -0.2) is 0 Å². The zero-order chi connectivity index (χ0) is 14.5. The van der Waals surface area contributed by atoms with Crippen molar-refractivity contribution in [3.8, 4) is 0 Å². The van der Waals surface area contributed by atoms with E-state index < -0.39 is 6.04 Å². The molecule has 2 aromatic rings. The van der Waals surface area contributed by atoms with E-state index >= 15 is 0 Å². The van der Waals surface area contributed by atoms with Gasteiger partial charge in [-0.05, 0) is 25.0 Å². The standard InChI is InChI=1S/C16H20N2O2/c1-12-14(8-9-20-12)11-18(2)16(19)15(17)10-13-6-4-3-5-7-13/h3-9,15H,10-11,17H2,1-2H3/t15-/m0/s1. The number of rotatable bonds is 5. The van der Waals surface area contributed by atoms with Crippen LogP contribution < -0.4 is 5.73 Å². The first-order valence-corrected chi connectivity index (χ1v) is 6.65. The lowest BCUT2D eigenvalue weighted by Gasteiger charge is -2.21. The minimum absolute atomic E-state index is 0.0607. The second-order valence-corrected chi connectivity index (χ2v) is 4.99. The number of aryl methyl sites for hydroxylation is 1. The SMILES string of the molecule is Cc1occc1CN(C)C(=O)[C@@H](N)Cc1ccccc1. The van der Waals surface area contributed by atoms with Crippen molar-refractivity contribution in [2.75, 3.05) is 7.05 Å². The van der Waals surface area contributed by atoms with Crippen molar-refractivity contribution in [2.45, 2.75) is 25.9 Å². The molecule has 0 saturated heterocycles. The first kappa shape index (κ1) is 14.3. The van der Waals surface area contributed by atoms with Crippen LogP contribution in [0, 0.1) is 6.92 Å². The monoisotopic (exact) mass is 272 g/mol. The minimum atomic E-state index is -0.519. The molecule has 20 heavy (non-hydrogen) atoms. The van der Waals surface area contributed by atoms with Crippen LogP contribution in [0.2, 0.25) is 0 Å². The third kappa shape index (κ3) is 3.48. The molecule has 1 atom stereocenters. The summed E-state index contributed by atoms with van der Waals surface area (Å²) in [6, 6.07) is 11.2. The predicted octanol–water partition coefficient (Wildman–Crippen LogP) is 2.12. The van der Waals surface area contributed by atoms with Crippen LogP contribution in [0.25, 0.3) is 0 Å². The molecule has 4 nitrogen and oxygen atoms in total. The molecule has 1 amide bonds. The fourth-order valence-electron chi connectivity index (χ4n) is 2.15. The smallest absolute Gasteiger partial charge is 0.239 e. The highest BCUT2D eigenvalue weighted by atomic mass is 16.3. The van der Waals surface area contributed by atoms with Crippen LogP contribution in [0.1, 0.15) is 16.9 Å². The van der Waals surface area contributed by atoms with Crippen LogP contribution >= 0.6 is 0 Å². The number of carbonyl (C=O) groups excluding carboxylic acids is 1. The molecular formula is C16H20N2O2. The Labute approximate surface area is 119 Å². The highest BCUT2D eigenvalue weighted by Gasteiger charge is 2.19. The lowest BCUT2D eigenvalue weighted by atomic mass is 10.1. The Morgan fingerprint density at radius 3 is 2.60 bits per heavy atom. The zero-order valence-corrected chi connectivity index (χ0v) is 11.9. The average Bonchev–Trinajstić information content (AvgIpc) is 2.84. The summed E-state index contributed by atoms with van der Waals surface area (Å²) in [6.45, 7) is 2.40. The Kier molecular flexibility index (Phi) is 4.58. The molecule has 1 aromatic heterocycles. The molecule has 106 valence electrons. The van der Waals surface area contributed by atoms with Gasteiger partial charge in [0.1, 0.15) is 5.76 Å². The number of furan rings is 1. The Hall–Kier alpha value is -2.07. The fraction of sp³-hybridized carbons (Fsp3) is 0.312. The van der Waals surface area contributed by atoms with Crippen molar-refractivity contribution in [1.29, 1.82) is 0 Å². The lowest BCUT2D eigenvalue weighted by molar-refractivity contribution is -0.131. The van der Waals surface area contributed by atoms with Crippen molar-refractivity contribution >= 4 is 5.91 Å². The van der Waals surface area contributed by atoms with Crippen LogP contribution in [0.5, 0.6) is 0 Å². The molecule has 0 unspecified atom stereocenters. The molecule has 0 spiro atoms. The summed E-state index contributed by atoms with van der Waals surface area (Å²) in [5.74, 6) is 0.774. The number of benzene rings is 1. The minimum Gasteiger partial charge on any atom is -0.469 e. The maximum atomic E-state index is 12.3. The van der Waals surface area contributed by atoms with Crippen LogP contribution in [0.3, 0.4) is 0 Å². The van der Waals surface area contributed by atoms with Gasteiger partial charge in [0.2, 0.25) is 5.91 Å². The summed E-state index contributed by atoms with van der Waals surface area (Å²) >= 11 is 0. The van der Waals surface area contributed by atoms with Gasteiger partial charge in [0.15, 0.2) is 0 Å². The van der Waals surface area contributed by atoms with Crippen LogP contribution in [-0.2, 0) is 17.8 Å². The molecule has 0 aliphatic rings. The second kappa shape index (κ2) is 6.39. The molecule has 2 N–H and O–H groups in total. The van der Waals surface area contributed by atoms with Gasteiger partial charge < -0.3 is 15.1 Å². The van der Waals surface area contributed by atoms with Gasteiger partial charge >= 0.3 is 0 Å². The molecule has 1 heterocycles. The molecular weight excluding hydrogens is 252 g/mol. The third-order valence-electron chi connectivity index (χ3n) is 3.37. The quantitative estimate of drug-likeness (QED) is 0.907. The topological polar surface area (TPSA) is 59.5 Å². The third-order valence-corrected chi connectivity index (χ3v) is 3.37. The van der Waals surface area contributed by atoms with E-state index in [-0.39, 0.29) is 5.91 Å². The van der Waals surface area contributed by atoms with E-state index in [9.17, 15) is 4.79 Å². The molecule has 0 fully saturated rings. The Bertz CT molecular complexity index is 563. The summed E-state index contributed by atoms with van der Waals surface area (Å²) in [6.07, 6.45) is 2.18. The number of nitrogens with two attached hydrogens (primary N) is 1. The van der Waals surface area contributed by atoms with Crippen molar-refractivity contribution in [3.63, 3.8) is 0 Å². The number of hydrogen-bond donors (Lipinski definition) is 1. The van der Waals surface area contributed by atoms with Gasteiger partial charge in [-0.15, -0.1) is 0 Å². The van der Waals surface area contributed by atoms with Crippen molar-refractivity contribution in [2.24, 2.45) is 5.73 Å². The number of hydrogen-bond acceptors (Lipinski definition) is 3. The first-order chi connectivity index (χ1) is 9.58. The summed E-state index contributed by atoms with van der Waals surface area (Å²) < 4.78 is 5.23. The highest BCUT2D eigenvalue weighted by molar-refractivity contribution is 5.81. The molecule has 4 heteroatoms. The van der Waals surface area contributed by atoms with Gasteiger partial charge in [-0.3, -0.25) is 4.79 Å². The van der Waals surface area contributed by atoms with E-state index in [0.29, 0.717) is 13.0 Å². The molecule has 0 radical (unpaired) electrons. The first-order valence-electron chi connectivity index (χ1n) is 6.65. The van der Waals surface area contributed by atoms with E-state index in [0.717, 1.165) is 16.9 Å². The van der Waals surface area contributed by atoms with Gasteiger partial charge in [-0.1, -0.05) is 30.3 Å². The number of likely N-dealkylation sites (N-methyl/N-ethyl adjacent to an activating group) is 1. The molecule has 0 saturated carbocycles. The lowest BCUT2D eigenvalue weighted by Crippen LogP contribution is -2.42. The largest absolute Gasteiger partial charge is 0.469 e. The Balaban J connectivity index is 1.94. The average molecular weight is 272 g/mol. The van der Waals surface area contributed by atoms with Gasteiger partial charge in [-0.2, -0.15) is 0 Å². The predicted molar refractivity (Wildman–Crippen MR) is 78.0 cm³/mol. The molecule has 0 aliphatic heterocycles. The highest BCUT2D eigenvalue weighted by Crippen LogP contribution is 2.12. The van der Waals surface area contributed by atoms with Gasteiger partial charge in [0, 0.05) is 19.2 Å². The summed E-state index contributed by atoms with van der Waals surface area (Å²) in [7, 11) is 1.76.